The highest BCUT2D eigenvalue weighted by atomic mass is 32.2. The summed E-state index contributed by atoms with van der Waals surface area (Å²) in [7, 11) is 0. The standard InChI is InChI=1S/C16H25NOS/c1-3-15(17-4-2)14-9-5-6-10-16(14)19-12-13-8-7-11-18-13/h5-6,9-10,13,15,17H,3-4,7-8,11-12H2,1-2H3. The third kappa shape index (κ3) is 4.23. The predicted octanol–water partition coefficient (Wildman–Crippen LogP) is 4.02. The van der Waals surface area contributed by atoms with Crippen LogP contribution in [0.2, 0.25) is 0 Å². The lowest BCUT2D eigenvalue weighted by molar-refractivity contribution is 0.129. The molecule has 1 fully saturated rings. The summed E-state index contributed by atoms with van der Waals surface area (Å²) in [5.74, 6) is 1.08. The number of ether oxygens (including phenoxy) is 1. The molecule has 1 N–H and O–H groups in total. The van der Waals surface area contributed by atoms with Crippen LogP contribution in [0.5, 0.6) is 0 Å². The molecular formula is C16H25NOS. The van der Waals surface area contributed by atoms with Gasteiger partial charge in [0.2, 0.25) is 0 Å². The molecule has 3 heteroatoms. The molecule has 0 radical (unpaired) electrons. The molecule has 1 aliphatic heterocycles. The van der Waals surface area contributed by atoms with E-state index in [1.165, 1.54) is 23.3 Å². The van der Waals surface area contributed by atoms with Crippen molar-refractivity contribution in [2.75, 3.05) is 18.9 Å². The van der Waals surface area contributed by atoms with Crippen LogP contribution < -0.4 is 5.32 Å². The Balaban J connectivity index is 2.01. The van der Waals surface area contributed by atoms with E-state index in [9.17, 15) is 0 Å². The van der Waals surface area contributed by atoms with Gasteiger partial charge in [0.1, 0.15) is 0 Å². The summed E-state index contributed by atoms with van der Waals surface area (Å²) in [6.07, 6.45) is 4.03. The second kappa shape index (κ2) is 7.93. The summed E-state index contributed by atoms with van der Waals surface area (Å²) in [5, 5.41) is 3.57. The van der Waals surface area contributed by atoms with Gasteiger partial charge in [-0.05, 0) is 37.4 Å². The lowest BCUT2D eigenvalue weighted by Gasteiger charge is -2.20. The molecule has 2 nitrogen and oxygen atoms in total. The van der Waals surface area contributed by atoms with Gasteiger partial charge in [-0.15, -0.1) is 11.8 Å². The number of hydrogen-bond donors (Lipinski definition) is 1. The van der Waals surface area contributed by atoms with Gasteiger partial charge >= 0.3 is 0 Å². The second-order valence-corrected chi connectivity index (χ2v) is 6.06. The van der Waals surface area contributed by atoms with Crippen molar-refractivity contribution in [2.45, 2.75) is 50.2 Å². The van der Waals surface area contributed by atoms with Crippen LogP contribution in [-0.4, -0.2) is 25.0 Å². The Morgan fingerprint density at radius 3 is 2.89 bits per heavy atom. The summed E-state index contributed by atoms with van der Waals surface area (Å²) in [6.45, 7) is 6.38. The van der Waals surface area contributed by atoms with Crippen LogP contribution in [0, 0.1) is 0 Å². The van der Waals surface area contributed by atoms with Crippen molar-refractivity contribution in [3.05, 3.63) is 29.8 Å². The molecule has 0 bridgehead atoms. The molecule has 19 heavy (non-hydrogen) atoms. The van der Waals surface area contributed by atoms with Gasteiger partial charge in [-0.3, -0.25) is 0 Å². The topological polar surface area (TPSA) is 21.3 Å². The van der Waals surface area contributed by atoms with E-state index in [4.69, 9.17) is 4.74 Å². The van der Waals surface area contributed by atoms with Crippen molar-refractivity contribution >= 4 is 11.8 Å². The van der Waals surface area contributed by atoms with E-state index in [1.807, 2.05) is 11.8 Å². The largest absolute Gasteiger partial charge is 0.377 e. The van der Waals surface area contributed by atoms with E-state index >= 15 is 0 Å². The summed E-state index contributed by atoms with van der Waals surface area (Å²) < 4.78 is 5.71. The molecule has 2 unspecified atom stereocenters. The van der Waals surface area contributed by atoms with Crippen molar-refractivity contribution in [3.8, 4) is 0 Å². The van der Waals surface area contributed by atoms with E-state index in [2.05, 4.69) is 43.4 Å². The molecule has 2 rings (SSSR count). The van der Waals surface area contributed by atoms with Gasteiger partial charge in [-0.2, -0.15) is 0 Å². The number of hydrogen-bond acceptors (Lipinski definition) is 3. The molecule has 1 aromatic rings. The number of rotatable bonds is 7. The van der Waals surface area contributed by atoms with E-state index in [-0.39, 0.29) is 0 Å². The monoisotopic (exact) mass is 279 g/mol. The lowest BCUT2D eigenvalue weighted by Crippen LogP contribution is -2.20. The Hall–Kier alpha value is -0.510. The van der Waals surface area contributed by atoms with E-state index in [0.717, 1.165) is 25.3 Å². The molecular weight excluding hydrogens is 254 g/mol. The van der Waals surface area contributed by atoms with Crippen LogP contribution >= 0.6 is 11.8 Å². The minimum Gasteiger partial charge on any atom is -0.377 e. The van der Waals surface area contributed by atoms with Gasteiger partial charge in [0.15, 0.2) is 0 Å². The molecule has 2 atom stereocenters. The lowest BCUT2D eigenvalue weighted by atomic mass is 10.0. The van der Waals surface area contributed by atoms with Crippen LogP contribution in [0.15, 0.2) is 29.2 Å². The van der Waals surface area contributed by atoms with Crippen LogP contribution in [0.25, 0.3) is 0 Å². The number of benzene rings is 1. The van der Waals surface area contributed by atoms with Crippen LogP contribution in [-0.2, 0) is 4.74 Å². The van der Waals surface area contributed by atoms with Crippen molar-refractivity contribution in [3.63, 3.8) is 0 Å². The van der Waals surface area contributed by atoms with Gasteiger partial charge in [0.25, 0.3) is 0 Å². The zero-order chi connectivity index (χ0) is 13.5. The molecule has 1 aromatic carbocycles. The average Bonchev–Trinajstić information content (AvgIpc) is 2.96. The van der Waals surface area contributed by atoms with Crippen LogP contribution in [0.1, 0.15) is 44.7 Å². The fraction of sp³-hybridized carbons (Fsp3) is 0.625. The van der Waals surface area contributed by atoms with Crippen molar-refractivity contribution in [1.29, 1.82) is 0 Å². The highest BCUT2D eigenvalue weighted by molar-refractivity contribution is 7.99. The van der Waals surface area contributed by atoms with E-state index < -0.39 is 0 Å². The molecule has 0 aliphatic carbocycles. The maximum atomic E-state index is 5.71. The average molecular weight is 279 g/mol. The molecule has 1 saturated heterocycles. The van der Waals surface area contributed by atoms with E-state index in [1.54, 1.807) is 0 Å². The SMILES string of the molecule is CCNC(CC)c1ccccc1SCC1CCCO1. The molecule has 0 aromatic heterocycles. The third-order valence-electron chi connectivity index (χ3n) is 3.60. The van der Waals surface area contributed by atoms with Gasteiger partial charge < -0.3 is 10.1 Å². The summed E-state index contributed by atoms with van der Waals surface area (Å²) in [4.78, 5) is 1.41. The summed E-state index contributed by atoms with van der Waals surface area (Å²) >= 11 is 1.95. The molecule has 1 heterocycles. The highest BCUT2D eigenvalue weighted by Gasteiger charge is 2.17. The minimum atomic E-state index is 0.456. The fourth-order valence-corrected chi connectivity index (χ4v) is 3.76. The van der Waals surface area contributed by atoms with Crippen molar-refractivity contribution in [1.82, 2.24) is 5.32 Å². The first-order valence-electron chi connectivity index (χ1n) is 7.41. The Morgan fingerprint density at radius 2 is 2.21 bits per heavy atom. The van der Waals surface area contributed by atoms with E-state index in [0.29, 0.717) is 12.1 Å². The zero-order valence-electron chi connectivity index (χ0n) is 12.0. The van der Waals surface area contributed by atoms with Crippen LogP contribution in [0.3, 0.4) is 0 Å². The number of thioether (sulfide) groups is 1. The maximum absolute atomic E-state index is 5.71. The quantitative estimate of drug-likeness (QED) is 0.762. The zero-order valence-corrected chi connectivity index (χ0v) is 12.8. The molecule has 0 spiro atoms. The molecule has 106 valence electrons. The van der Waals surface area contributed by atoms with Crippen molar-refractivity contribution in [2.24, 2.45) is 0 Å². The van der Waals surface area contributed by atoms with Crippen LogP contribution in [0.4, 0.5) is 0 Å². The normalized spacial score (nSPS) is 20.6. The Bertz CT molecular complexity index is 377. The first kappa shape index (κ1) is 14.9. The number of nitrogens with one attached hydrogen (secondary N) is 1. The first-order valence-corrected chi connectivity index (χ1v) is 8.40. The highest BCUT2D eigenvalue weighted by Crippen LogP contribution is 2.31. The summed E-state index contributed by atoms with van der Waals surface area (Å²) in [6, 6.07) is 9.26. The minimum absolute atomic E-state index is 0.456. The fourth-order valence-electron chi connectivity index (χ4n) is 2.58. The molecule has 0 saturated carbocycles. The van der Waals surface area contributed by atoms with Gasteiger partial charge in [0.05, 0.1) is 6.10 Å². The van der Waals surface area contributed by atoms with Gasteiger partial charge in [-0.25, -0.2) is 0 Å². The Kier molecular flexibility index (Phi) is 6.21. The van der Waals surface area contributed by atoms with Gasteiger partial charge in [0, 0.05) is 23.3 Å². The molecule has 1 aliphatic rings. The molecule has 0 amide bonds. The van der Waals surface area contributed by atoms with Crippen molar-refractivity contribution < 1.29 is 4.74 Å². The Morgan fingerprint density at radius 1 is 1.37 bits per heavy atom. The van der Waals surface area contributed by atoms with Gasteiger partial charge in [-0.1, -0.05) is 32.0 Å². The predicted molar refractivity (Wildman–Crippen MR) is 82.8 cm³/mol. The Labute approximate surface area is 121 Å². The second-order valence-electron chi connectivity index (χ2n) is 5.00. The third-order valence-corrected chi connectivity index (χ3v) is 4.82. The summed E-state index contributed by atoms with van der Waals surface area (Å²) in [5.41, 5.74) is 1.44. The smallest absolute Gasteiger partial charge is 0.0669 e. The first-order chi connectivity index (χ1) is 9.35. The maximum Gasteiger partial charge on any atom is 0.0669 e.